The van der Waals surface area contributed by atoms with Crippen molar-refractivity contribution in [2.45, 2.75) is 6.18 Å². The average Bonchev–Trinajstić information content (AvgIpc) is 3.03. The van der Waals surface area contributed by atoms with E-state index in [1.54, 1.807) is 29.4 Å². The fourth-order valence-electron chi connectivity index (χ4n) is 1.84. The van der Waals surface area contributed by atoms with Crippen LogP contribution in [0.4, 0.5) is 19.1 Å². The highest BCUT2D eigenvalue weighted by molar-refractivity contribution is 9.10. The molecule has 0 bridgehead atoms. The largest absolute Gasteiger partial charge is 0.451 e. The molecule has 1 amide bonds. The van der Waals surface area contributed by atoms with E-state index in [1.807, 2.05) is 0 Å². The third-order valence-corrected chi connectivity index (χ3v) is 3.30. The van der Waals surface area contributed by atoms with E-state index in [-0.39, 0.29) is 5.69 Å². The van der Waals surface area contributed by atoms with E-state index in [0.29, 0.717) is 0 Å². The Labute approximate surface area is 129 Å². The number of aromatic nitrogens is 4. The monoisotopic (exact) mass is 373 g/mol. The van der Waals surface area contributed by atoms with Gasteiger partial charge in [0, 0.05) is 15.4 Å². The van der Waals surface area contributed by atoms with Crippen LogP contribution in [0.3, 0.4) is 0 Å². The van der Waals surface area contributed by atoms with Crippen LogP contribution >= 0.6 is 15.9 Å². The number of hydrogen-bond acceptors (Lipinski definition) is 3. The number of carbonyl (C=O) groups excluding carboxylic acids is 1. The number of hydrogen-bond donors (Lipinski definition) is 3. The second-order valence-corrected chi connectivity index (χ2v) is 5.29. The van der Waals surface area contributed by atoms with E-state index in [0.717, 1.165) is 15.4 Å². The van der Waals surface area contributed by atoms with Gasteiger partial charge in [0.15, 0.2) is 0 Å². The number of carbonyl (C=O) groups is 1. The minimum atomic E-state index is -4.65. The third kappa shape index (κ3) is 2.82. The molecule has 0 fully saturated rings. The lowest BCUT2D eigenvalue weighted by atomic mass is 10.2. The summed E-state index contributed by atoms with van der Waals surface area (Å²) in [5.74, 6) is -2.36. The van der Waals surface area contributed by atoms with Crippen LogP contribution in [0.5, 0.6) is 0 Å². The van der Waals surface area contributed by atoms with Gasteiger partial charge in [0.1, 0.15) is 5.69 Å². The van der Waals surface area contributed by atoms with Crippen LogP contribution in [-0.2, 0) is 6.18 Å². The number of rotatable bonds is 2. The fourth-order valence-corrected chi connectivity index (χ4v) is 2.22. The molecule has 3 N–H and O–H groups in total. The Morgan fingerprint density at radius 3 is 2.73 bits per heavy atom. The summed E-state index contributed by atoms with van der Waals surface area (Å²) in [4.78, 5) is 18.0. The molecule has 3 rings (SSSR count). The number of aromatic amines is 2. The van der Waals surface area contributed by atoms with Crippen molar-refractivity contribution in [3.63, 3.8) is 0 Å². The Kier molecular flexibility index (Phi) is 3.39. The van der Waals surface area contributed by atoms with Crippen LogP contribution in [-0.4, -0.2) is 26.1 Å². The minimum Gasteiger partial charge on any atom is -0.351 e. The van der Waals surface area contributed by atoms with E-state index < -0.39 is 23.9 Å². The average molecular weight is 374 g/mol. The molecule has 0 unspecified atom stereocenters. The maximum Gasteiger partial charge on any atom is 0.451 e. The van der Waals surface area contributed by atoms with Crippen LogP contribution in [0.1, 0.15) is 16.3 Å². The lowest BCUT2D eigenvalue weighted by Gasteiger charge is -1.99. The summed E-state index contributed by atoms with van der Waals surface area (Å²) < 4.78 is 38.0. The molecule has 0 atom stereocenters. The highest BCUT2D eigenvalue weighted by Crippen LogP contribution is 2.26. The highest BCUT2D eigenvalue weighted by atomic mass is 79.9. The summed E-state index contributed by atoms with van der Waals surface area (Å²) >= 11 is 3.31. The zero-order valence-electron chi connectivity index (χ0n) is 10.6. The molecule has 0 aliphatic rings. The molecule has 22 heavy (non-hydrogen) atoms. The Balaban J connectivity index is 1.82. The van der Waals surface area contributed by atoms with Crippen molar-refractivity contribution in [3.8, 4) is 0 Å². The molecule has 114 valence electrons. The molecule has 6 nitrogen and oxygen atoms in total. The van der Waals surface area contributed by atoms with Gasteiger partial charge < -0.3 is 4.98 Å². The number of anilines is 1. The number of nitrogens with one attached hydrogen (secondary N) is 3. The van der Waals surface area contributed by atoms with Crippen LogP contribution in [0.2, 0.25) is 0 Å². The molecule has 0 saturated heterocycles. The van der Waals surface area contributed by atoms with Crippen LogP contribution in [0.15, 0.2) is 28.7 Å². The van der Waals surface area contributed by atoms with Crippen molar-refractivity contribution in [3.05, 3.63) is 40.3 Å². The first-order chi connectivity index (χ1) is 10.3. The number of halogens is 4. The molecule has 1 aromatic carbocycles. The van der Waals surface area contributed by atoms with Crippen molar-refractivity contribution in [1.29, 1.82) is 0 Å². The summed E-state index contributed by atoms with van der Waals surface area (Å²) in [6.07, 6.45) is -4.65. The predicted molar refractivity (Wildman–Crippen MR) is 75.3 cm³/mol. The van der Waals surface area contributed by atoms with E-state index in [1.165, 1.54) is 0 Å². The van der Waals surface area contributed by atoms with Crippen molar-refractivity contribution in [2.24, 2.45) is 0 Å². The third-order valence-electron chi connectivity index (χ3n) is 2.81. The fraction of sp³-hybridized carbons (Fsp3) is 0.0833. The number of fused-ring (bicyclic) bond motifs is 1. The van der Waals surface area contributed by atoms with Gasteiger partial charge in [0.05, 0.1) is 0 Å². The van der Waals surface area contributed by atoms with Crippen molar-refractivity contribution in [2.75, 3.05) is 5.32 Å². The normalized spacial score (nSPS) is 11.8. The first-order valence-electron chi connectivity index (χ1n) is 5.92. The van der Waals surface area contributed by atoms with Crippen molar-refractivity contribution in [1.82, 2.24) is 20.2 Å². The Hall–Kier alpha value is -2.36. The molecule has 3 aromatic rings. The van der Waals surface area contributed by atoms with Crippen molar-refractivity contribution >= 4 is 38.7 Å². The quantitative estimate of drug-likeness (QED) is 0.643. The van der Waals surface area contributed by atoms with Gasteiger partial charge in [-0.05, 0) is 24.3 Å². The van der Waals surface area contributed by atoms with E-state index in [4.69, 9.17) is 0 Å². The standard InChI is InChI=1S/C12H7BrF3N5O/c13-6-1-2-7-5(3-6)4-8(17-7)9(22)18-11-19-10(20-21-11)12(14,15)16/h1-4,17H,(H2,18,19,20,21,22). The second-order valence-electron chi connectivity index (χ2n) is 4.37. The molecule has 0 aliphatic carbocycles. The van der Waals surface area contributed by atoms with Crippen LogP contribution in [0, 0.1) is 0 Å². The lowest BCUT2D eigenvalue weighted by molar-refractivity contribution is -0.144. The molecule has 2 heterocycles. The second kappa shape index (κ2) is 5.13. The minimum absolute atomic E-state index is 0.187. The number of amides is 1. The van der Waals surface area contributed by atoms with Gasteiger partial charge in [-0.25, -0.2) is 0 Å². The highest BCUT2D eigenvalue weighted by Gasteiger charge is 2.35. The summed E-state index contributed by atoms with van der Waals surface area (Å²) in [5, 5.41) is 8.00. The number of alkyl halides is 3. The first kappa shape index (κ1) is 14.6. The van der Waals surface area contributed by atoms with Crippen LogP contribution < -0.4 is 5.32 Å². The van der Waals surface area contributed by atoms with E-state index in [9.17, 15) is 18.0 Å². The molecule has 2 aromatic heterocycles. The van der Waals surface area contributed by atoms with Gasteiger partial charge in [0.2, 0.25) is 11.8 Å². The number of H-pyrrole nitrogens is 2. The first-order valence-corrected chi connectivity index (χ1v) is 6.71. The van der Waals surface area contributed by atoms with Gasteiger partial charge in [-0.3, -0.25) is 15.2 Å². The summed E-state index contributed by atoms with van der Waals surface area (Å²) in [6.45, 7) is 0. The summed E-state index contributed by atoms with van der Waals surface area (Å²) in [5.41, 5.74) is 0.908. The number of nitrogens with zero attached hydrogens (tertiary/aromatic N) is 2. The zero-order valence-corrected chi connectivity index (χ0v) is 12.2. The molecular weight excluding hydrogens is 367 g/mol. The van der Waals surface area contributed by atoms with Gasteiger partial charge in [0.25, 0.3) is 5.91 Å². The summed E-state index contributed by atoms with van der Waals surface area (Å²) in [6, 6.07) is 6.94. The maximum absolute atomic E-state index is 12.4. The predicted octanol–water partition coefficient (Wildman–Crippen LogP) is 3.32. The topological polar surface area (TPSA) is 86.5 Å². The summed E-state index contributed by atoms with van der Waals surface area (Å²) in [7, 11) is 0. The zero-order chi connectivity index (χ0) is 15.9. The van der Waals surface area contributed by atoms with Gasteiger partial charge in [-0.15, -0.1) is 5.10 Å². The Bertz CT molecular complexity index is 854. The van der Waals surface area contributed by atoms with E-state index in [2.05, 4.69) is 36.3 Å². The van der Waals surface area contributed by atoms with Crippen LogP contribution in [0.25, 0.3) is 10.9 Å². The van der Waals surface area contributed by atoms with E-state index >= 15 is 0 Å². The maximum atomic E-state index is 12.4. The number of benzene rings is 1. The lowest BCUT2D eigenvalue weighted by Crippen LogP contribution is -2.13. The van der Waals surface area contributed by atoms with Gasteiger partial charge in [-0.1, -0.05) is 15.9 Å². The SMILES string of the molecule is O=C(Nc1n[nH]c(C(F)(F)F)n1)c1cc2cc(Br)ccc2[nH]1. The smallest absolute Gasteiger partial charge is 0.351 e. The molecule has 10 heteroatoms. The Morgan fingerprint density at radius 1 is 1.27 bits per heavy atom. The van der Waals surface area contributed by atoms with Gasteiger partial charge >= 0.3 is 6.18 Å². The molecule has 0 spiro atoms. The Morgan fingerprint density at radius 2 is 2.05 bits per heavy atom. The van der Waals surface area contributed by atoms with Gasteiger partial charge in [-0.2, -0.15) is 18.2 Å². The molecule has 0 aliphatic heterocycles. The molecule has 0 radical (unpaired) electrons. The molecular formula is C12H7BrF3N5O. The molecule has 0 saturated carbocycles. The van der Waals surface area contributed by atoms with Crippen molar-refractivity contribution < 1.29 is 18.0 Å².